The Bertz CT molecular complexity index is 922. The third-order valence-corrected chi connectivity index (χ3v) is 3.40. The Morgan fingerprint density at radius 2 is 1.92 bits per heavy atom. The Morgan fingerprint density at radius 1 is 1.21 bits per heavy atom. The van der Waals surface area contributed by atoms with E-state index in [0.717, 1.165) is 5.69 Å². The van der Waals surface area contributed by atoms with Gasteiger partial charge in [0.2, 0.25) is 0 Å². The number of fused-ring (bicyclic) bond motifs is 1. The molecule has 0 bridgehead atoms. The van der Waals surface area contributed by atoms with Crippen LogP contribution in [-0.4, -0.2) is 44.9 Å². The second kappa shape index (κ2) is 6.03. The number of carboxylic acids is 1. The first-order valence-corrected chi connectivity index (χ1v) is 6.97. The minimum absolute atomic E-state index is 0.0374. The molecular formula is C15H15N5O4. The summed E-state index contributed by atoms with van der Waals surface area (Å²) < 4.78 is 11.9. The maximum absolute atomic E-state index is 11.6. The first-order valence-electron chi connectivity index (χ1n) is 6.97. The number of aromatic carboxylic acids is 1. The smallest absolute Gasteiger partial charge is 0.337 e. The van der Waals surface area contributed by atoms with E-state index in [1.54, 1.807) is 12.1 Å². The third kappa shape index (κ3) is 2.67. The van der Waals surface area contributed by atoms with Crippen LogP contribution < -0.4 is 14.8 Å². The fourth-order valence-corrected chi connectivity index (χ4v) is 2.32. The van der Waals surface area contributed by atoms with Crippen molar-refractivity contribution < 1.29 is 19.4 Å². The van der Waals surface area contributed by atoms with Gasteiger partial charge < -0.3 is 19.9 Å². The van der Waals surface area contributed by atoms with Gasteiger partial charge in [0.1, 0.15) is 12.1 Å². The van der Waals surface area contributed by atoms with E-state index in [0.29, 0.717) is 28.8 Å². The second-order valence-electron chi connectivity index (χ2n) is 4.94. The van der Waals surface area contributed by atoms with Crippen LogP contribution >= 0.6 is 0 Å². The average Bonchev–Trinajstić information content (AvgIpc) is 3.02. The van der Waals surface area contributed by atoms with Gasteiger partial charge in [-0.3, -0.25) is 0 Å². The molecule has 124 valence electrons. The summed E-state index contributed by atoms with van der Waals surface area (Å²) in [6.07, 6.45) is 1.37. The maximum Gasteiger partial charge on any atom is 0.337 e. The molecule has 3 aromatic rings. The lowest BCUT2D eigenvalue weighted by Gasteiger charge is -2.15. The lowest BCUT2D eigenvalue weighted by molar-refractivity contribution is 0.0697. The lowest BCUT2D eigenvalue weighted by atomic mass is 10.1. The van der Waals surface area contributed by atoms with E-state index in [1.165, 1.54) is 31.1 Å². The number of nitrogens with zero attached hydrogens (tertiary/aromatic N) is 4. The van der Waals surface area contributed by atoms with Crippen molar-refractivity contribution in [2.45, 2.75) is 6.92 Å². The zero-order valence-corrected chi connectivity index (χ0v) is 13.3. The zero-order chi connectivity index (χ0) is 17.3. The Kier molecular flexibility index (Phi) is 3.90. The second-order valence-corrected chi connectivity index (χ2v) is 4.94. The highest BCUT2D eigenvalue weighted by Crippen LogP contribution is 2.34. The van der Waals surface area contributed by atoms with Gasteiger partial charge in [-0.15, -0.1) is 0 Å². The number of nitrogens with one attached hydrogen (secondary N) is 1. The van der Waals surface area contributed by atoms with Crippen molar-refractivity contribution in [3.05, 3.63) is 35.8 Å². The molecule has 0 fully saturated rings. The summed E-state index contributed by atoms with van der Waals surface area (Å²) in [5, 5.41) is 16.6. The number of methoxy groups -OCH3 is 2. The summed E-state index contributed by atoms with van der Waals surface area (Å²) in [7, 11) is 2.93. The van der Waals surface area contributed by atoms with Gasteiger partial charge in [0.15, 0.2) is 11.5 Å². The first kappa shape index (κ1) is 15.5. The Hall–Kier alpha value is -3.36. The standard InChI is InChI=1S/C15H15N5O4/c1-8-4-13(20-15(18-8)16-7-17-20)19-10-6-12(24-3)11(23-2)5-9(10)14(21)22/h4-7,19H,1-3H3,(H,21,22). The van der Waals surface area contributed by atoms with Crippen molar-refractivity contribution in [1.29, 1.82) is 0 Å². The average molecular weight is 329 g/mol. The van der Waals surface area contributed by atoms with E-state index >= 15 is 0 Å². The van der Waals surface area contributed by atoms with Gasteiger partial charge >= 0.3 is 5.97 Å². The van der Waals surface area contributed by atoms with E-state index in [9.17, 15) is 9.90 Å². The molecular weight excluding hydrogens is 314 g/mol. The number of aryl methyl sites for hydroxylation is 1. The van der Waals surface area contributed by atoms with E-state index in [4.69, 9.17) is 9.47 Å². The summed E-state index contributed by atoms with van der Waals surface area (Å²) >= 11 is 0. The summed E-state index contributed by atoms with van der Waals surface area (Å²) in [6.45, 7) is 1.81. The van der Waals surface area contributed by atoms with Crippen LogP contribution in [0.3, 0.4) is 0 Å². The molecule has 2 N–H and O–H groups in total. The largest absolute Gasteiger partial charge is 0.493 e. The molecule has 0 saturated heterocycles. The van der Waals surface area contributed by atoms with Crippen molar-refractivity contribution >= 4 is 23.3 Å². The number of aromatic nitrogens is 4. The molecule has 0 spiro atoms. The van der Waals surface area contributed by atoms with Crippen molar-refractivity contribution in [2.75, 3.05) is 19.5 Å². The van der Waals surface area contributed by atoms with Crippen LogP contribution in [0.4, 0.5) is 11.5 Å². The summed E-state index contributed by atoms with van der Waals surface area (Å²) in [5.74, 6) is 0.585. The first-order chi connectivity index (χ1) is 11.5. The molecule has 0 unspecified atom stereocenters. The fraction of sp³-hybridized carbons (Fsp3) is 0.200. The topological polar surface area (TPSA) is 111 Å². The molecule has 0 radical (unpaired) electrons. The predicted octanol–water partition coefficient (Wildman–Crippen LogP) is 1.89. The van der Waals surface area contributed by atoms with Crippen molar-refractivity contribution in [3.63, 3.8) is 0 Å². The van der Waals surface area contributed by atoms with E-state index in [-0.39, 0.29) is 5.56 Å². The highest BCUT2D eigenvalue weighted by molar-refractivity contribution is 5.96. The van der Waals surface area contributed by atoms with Gasteiger partial charge in [0.25, 0.3) is 5.78 Å². The molecule has 9 nitrogen and oxygen atoms in total. The number of carbonyl (C=O) groups is 1. The quantitative estimate of drug-likeness (QED) is 0.730. The number of rotatable bonds is 5. The number of ether oxygens (including phenoxy) is 2. The van der Waals surface area contributed by atoms with E-state index in [2.05, 4.69) is 20.4 Å². The minimum Gasteiger partial charge on any atom is -0.493 e. The van der Waals surface area contributed by atoms with Crippen LogP contribution in [0, 0.1) is 6.92 Å². The number of benzene rings is 1. The fourth-order valence-electron chi connectivity index (χ4n) is 2.32. The molecule has 0 amide bonds. The van der Waals surface area contributed by atoms with Gasteiger partial charge in [-0.1, -0.05) is 0 Å². The van der Waals surface area contributed by atoms with Gasteiger partial charge in [-0.05, 0) is 6.92 Å². The van der Waals surface area contributed by atoms with Crippen molar-refractivity contribution in [2.24, 2.45) is 0 Å². The molecule has 1 aromatic carbocycles. The molecule has 0 aliphatic rings. The molecule has 0 atom stereocenters. The Labute approximate surface area is 136 Å². The van der Waals surface area contributed by atoms with Crippen LogP contribution in [0.2, 0.25) is 0 Å². The number of hydrogen-bond donors (Lipinski definition) is 2. The number of hydrogen-bond acceptors (Lipinski definition) is 7. The third-order valence-electron chi connectivity index (χ3n) is 3.40. The van der Waals surface area contributed by atoms with Crippen LogP contribution in [0.1, 0.15) is 16.1 Å². The molecule has 24 heavy (non-hydrogen) atoms. The van der Waals surface area contributed by atoms with Crippen LogP contribution in [0.25, 0.3) is 5.78 Å². The summed E-state index contributed by atoms with van der Waals surface area (Å²) in [4.78, 5) is 19.9. The predicted molar refractivity (Wildman–Crippen MR) is 85.3 cm³/mol. The van der Waals surface area contributed by atoms with Crippen molar-refractivity contribution in [1.82, 2.24) is 19.6 Å². The zero-order valence-electron chi connectivity index (χ0n) is 13.3. The monoisotopic (exact) mass is 329 g/mol. The van der Waals surface area contributed by atoms with Crippen LogP contribution in [-0.2, 0) is 0 Å². The molecule has 3 rings (SSSR count). The summed E-state index contributed by atoms with van der Waals surface area (Å²) in [6, 6.07) is 4.70. The van der Waals surface area contributed by atoms with Gasteiger partial charge in [-0.25, -0.2) is 9.78 Å². The molecule has 0 saturated carbocycles. The van der Waals surface area contributed by atoms with Crippen molar-refractivity contribution in [3.8, 4) is 11.5 Å². The van der Waals surface area contributed by atoms with Gasteiger partial charge in [-0.2, -0.15) is 14.6 Å². The van der Waals surface area contributed by atoms with Gasteiger partial charge in [0, 0.05) is 23.9 Å². The highest BCUT2D eigenvalue weighted by atomic mass is 16.5. The maximum atomic E-state index is 11.6. The number of carboxylic acid groups (broad SMARTS) is 1. The normalized spacial score (nSPS) is 10.6. The molecule has 0 aliphatic heterocycles. The molecule has 9 heteroatoms. The van der Waals surface area contributed by atoms with Crippen LogP contribution in [0.5, 0.6) is 11.5 Å². The van der Waals surface area contributed by atoms with Crippen LogP contribution in [0.15, 0.2) is 24.5 Å². The molecule has 2 heterocycles. The van der Waals surface area contributed by atoms with E-state index in [1.807, 2.05) is 6.92 Å². The van der Waals surface area contributed by atoms with E-state index < -0.39 is 5.97 Å². The van der Waals surface area contributed by atoms with Gasteiger partial charge in [0.05, 0.1) is 25.5 Å². The SMILES string of the molecule is COc1cc(Nc2cc(C)nc3ncnn23)c(C(=O)O)cc1OC. The summed E-state index contributed by atoms with van der Waals surface area (Å²) in [5.41, 5.74) is 1.09. The minimum atomic E-state index is -1.10. The lowest BCUT2D eigenvalue weighted by Crippen LogP contribution is -2.08. The highest BCUT2D eigenvalue weighted by Gasteiger charge is 2.17. The number of anilines is 2. The Morgan fingerprint density at radius 3 is 2.58 bits per heavy atom. The molecule has 2 aromatic heterocycles. The molecule has 0 aliphatic carbocycles. The Balaban J connectivity index is 2.14.